The standard InChI is InChI=1S/C9H15NOS/c1-7-3-4-9(12-7)8(5-10)6-11-2/h3-4,8H,5-6,10H2,1-2H3. The first-order valence-corrected chi connectivity index (χ1v) is 4.85. The van der Waals surface area contributed by atoms with Gasteiger partial charge in [-0.25, -0.2) is 0 Å². The Labute approximate surface area is 77.3 Å². The molecule has 0 aliphatic carbocycles. The second kappa shape index (κ2) is 4.60. The van der Waals surface area contributed by atoms with Crippen molar-refractivity contribution in [3.63, 3.8) is 0 Å². The van der Waals surface area contributed by atoms with Crippen LogP contribution in [0.3, 0.4) is 0 Å². The quantitative estimate of drug-likeness (QED) is 0.775. The smallest absolute Gasteiger partial charge is 0.0551 e. The summed E-state index contributed by atoms with van der Waals surface area (Å²) >= 11 is 1.80. The van der Waals surface area contributed by atoms with E-state index in [4.69, 9.17) is 10.5 Å². The average Bonchev–Trinajstić information content (AvgIpc) is 2.47. The lowest BCUT2D eigenvalue weighted by molar-refractivity contribution is 0.182. The van der Waals surface area contributed by atoms with Gasteiger partial charge < -0.3 is 10.5 Å². The topological polar surface area (TPSA) is 35.2 Å². The van der Waals surface area contributed by atoms with Crippen molar-refractivity contribution in [2.75, 3.05) is 20.3 Å². The third-order valence-electron chi connectivity index (χ3n) is 1.82. The molecule has 1 aromatic rings. The van der Waals surface area contributed by atoms with Gasteiger partial charge in [0.15, 0.2) is 0 Å². The zero-order valence-corrected chi connectivity index (χ0v) is 8.36. The monoisotopic (exact) mass is 185 g/mol. The molecule has 0 spiro atoms. The Balaban J connectivity index is 2.66. The first-order valence-electron chi connectivity index (χ1n) is 4.03. The van der Waals surface area contributed by atoms with Crippen LogP contribution in [0.4, 0.5) is 0 Å². The van der Waals surface area contributed by atoms with Crippen LogP contribution in [0.1, 0.15) is 15.7 Å². The maximum absolute atomic E-state index is 5.63. The Morgan fingerprint density at radius 1 is 1.58 bits per heavy atom. The summed E-state index contributed by atoms with van der Waals surface area (Å²) < 4.78 is 5.09. The summed E-state index contributed by atoms with van der Waals surface area (Å²) in [5.74, 6) is 0.369. The Kier molecular flexibility index (Phi) is 3.72. The van der Waals surface area contributed by atoms with Gasteiger partial charge in [-0.05, 0) is 19.1 Å². The molecule has 0 amide bonds. The summed E-state index contributed by atoms with van der Waals surface area (Å²) in [6.07, 6.45) is 0. The zero-order chi connectivity index (χ0) is 8.97. The van der Waals surface area contributed by atoms with Crippen LogP contribution in [0.5, 0.6) is 0 Å². The first-order chi connectivity index (χ1) is 5.77. The molecule has 0 saturated heterocycles. The van der Waals surface area contributed by atoms with Gasteiger partial charge in [-0.2, -0.15) is 0 Å². The minimum absolute atomic E-state index is 0.369. The van der Waals surface area contributed by atoms with Crippen LogP contribution in [-0.2, 0) is 4.74 Å². The van der Waals surface area contributed by atoms with E-state index in [1.807, 2.05) is 0 Å². The Bertz CT molecular complexity index is 234. The van der Waals surface area contributed by atoms with E-state index in [2.05, 4.69) is 19.1 Å². The molecule has 0 aliphatic rings. The molecule has 0 bridgehead atoms. The second-order valence-corrected chi connectivity index (χ2v) is 4.16. The molecular formula is C9H15NOS. The minimum atomic E-state index is 0.369. The van der Waals surface area contributed by atoms with Gasteiger partial charge in [0.05, 0.1) is 6.61 Å². The molecule has 1 aromatic heterocycles. The van der Waals surface area contributed by atoms with Crippen LogP contribution in [0, 0.1) is 6.92 Å². The third-order valence-corrected chi connectivity index (χ3v) is 2.98. The molecule has 0 fully saturated rings. The van der Waals surface area contributed by atoms with Crippen molar-refractivity contribution in [2.45, 2.75) is 12.8 Å². The van der Waals surface area contributed by atoms with Gasteiger partial charge in [0.1, 0.15) is 0 Å². The molecule has 0 saturated carbocycles. The molecule has 0 aliphatic heterocycles. The lowest BCUT2D eigenvalue weighted by atomic mass is 10.1. The third kappa shape index (κ3) is 2.30. The normalized spacial score (nSPS) is 13.2. The van der Waals surface area contributed by atoms with Gasteiger partial charge in [-0.1, -0.05) is 0 Å². The first kappa shape index (κ1) is 9.71. The highest BCUT2D eigenvalue weighted by Crippen LogP contribution is 2.23. The van der Waals surface area contributed by atoms with Gasteiger partial charge in [-0.3, -0.25) is 0 Å². The van der Waals surface area contributed by atoms with Crippen molar-refractivity contribution in [3.8, 4) is 0 Å². The molecule has 68 valence electrons. The fourth-order valence-electron chi connectivity index (χ4n) is 1.14. The van der Waals surface area contributed by atoms with Crippen molar-refractivity contribution >= 4 is 11.3 Å². The fourth-order valence-corrected chi connectivity index (χ4v) is 2.12. The molecule has 0 aromatic carbocycles. The number of hydrogen-bond acceptors (Lipinski definition) is 3. The van der Waals surface area contributed by atoms with Gasteiger partial charge in [0.2, 0.25) is 0 Å². The van der Waals surface area contributed by atoms with Gasteiger partial charge in [-0.15, -0.1) is 11.3 Å². The van der Waals surface area contributed by atoms with Crippen molar-refractivity contribution in [3.05, 3.63) is 21.9 Å². The van der Waals surface area contributed by atoms with Crippen molar-refractivity contribution < 1.29 is 4.74 Å². The van der Waals surface area contributed by atoms with Crippen LogP contribution in [0.25, 0.3) is 0 Å². The van der Waals surface area contributed by atoms with Crippen LogP contribution in [-0.4, -0.2) is 20.3 Å². The molecule has 3 heteroatoms. The summed E-state index contributed by atoms with van der Waals surface area (Å²) in [6, 6.07) is 4.26. The van der Waals surface area contributed by atoms with Gasteiger partial charge in [0, 0.05) is 29.3 Å². The highest BCUT2D eigenvalue weighted by atomic mass is 32.1. The molecule has 12 heavy (non-hydrogen) atoms. The summed E-state index contributed by atoms with van der Waals surface area (Å²) in [5, 5.41) is 0. The molecule has 1 rings (SSSR count). The van der Waals surface area contributed by atoms with Crippen LogP contribution in [0.15, 0.2) is 12.1 Å². The number of hydrogen-bond donors (Lipinski definition) is 1. The predicted octanol–water partition coefficient (Wildman–Crippen LogP) is 1.75. The maximum atomic E-state index is 5.63. The molecule has 1 atom stereocenters. The summed E-state index contributed by atoms with van der Waals surface area (Å²) in [6.45, 7) is 3.48. The molecule has 1 unspecified atom stereocenters. The molecule has 2 N–H and O–H groups in total. The molecule has 1 heterocycles. The van der Waals surface area contributed by atoms with Crippen LogP contribution < -0.4 is 5.73 Å². The lowest BCUT2D eigenvalue weighted by Crippen LogP contribution is -2.16. The molecule has 0 radical (unpaired) electrons. The highest BCUT2D eigenvalue weighted by molar-refractivity contribution is 7.12. The van der Waals surface area contributed by atoms with E-state index in [-0.39, 0.29) is 0 Å². The highest BCUT2D eigenvalue weighted by Gasteiger charge is 2.10. The van der Waals surface area contributed by atoms with Crippen molar-refractivity contribution in [1.82, 2.24) is 0 Å². The second-order valence-electron chi connectivity index (χ2n) is 2.84. The molecule has 2 nitrogen and oxygen atoms in total. The lowest BCUT2D eigenvalue weighted by Gasteiger charge is -2.10. The van der Waals surface area contributed by atoms with Crippen molar-refractivity contribution in [1.29, 1.82) is 0 Å². The van der Waals surface area contributed by atoms with Gasteiger partial charge >= 0.3 is 0 Å². The average molecular weight is 185 g/mol. The van der Waals surface area contributed by atoms with E-state index >= 15 is 0 Å². The number of rotatable bonds is 4. The number of ether oxygens (including phenoxy) is 1. The fraction of sp³-hybridized carbons (Fsp3) is 0.556. The van der Waals surface area contributed by atoms with E-state index in [0.29, 0.717) is 12.5 Å². The van der Waals surface area contributed by atoms with Crippen LogP contribution >= 0.6 is 11.3 Å². The van der Waals surface area contributed by atoms with E-state index in [9.17, 15) is 0 Å². The van der Waals surface area contributed by atoms with Crippen LogP contribution in [0.2, 0.25) is 0 Å². The zero-order valence-electron chi connectivity index (χ0n) is 7.54. The number of thiophene rings is 1. The predicted molar refractivity (Wildman–Crippen MR) is 52.7 cm³/mol. The van der Waals surface area contributed by atoms with Gasteiger partial charge in [0.25, 0.3) is 0 Å². The minimum Gasteiger partial charge on any atom is -0.384 e. The van der Waals surface area contributed by atoms with E-state index in [1.165, 1.54) is 9.75 Å². The Hall–Kier alpha value is -0.380. The summed E-state index contributed by atoms with van der Waals surface area (Å²) in [7, 11) is 1.71. The van der Waals surface area contributed by atoms with E-state index < -0.39 is 0 Å². The summed E-state index contributed by atoms with van der Waals surface area (Å²) in [5.41, 5.74) is 5.63. The number of methoxy groups -OCH3 is 1. The maximum Gasteiger partial charge on any atom is 0.0551 e. The van der Waals surface area contributed by atoms with Crippen molar-refractivity contribution in [2.24, 2.45) is 5.73 Å². The van der Waals surface area contributed by atoms with E-state index in [0.717, 1.165) is 6.61 Å². The number of nitrogens with two attached hydrogens (primary N) is 1. The summed E-state index contributed by atoms with van der Waals surface area (Å²) in [4.78, 5) is 2.66. The number of aryl methyl sites for hydroxylation is 1. The Morgan fingerprint density at radius 3 is 2.75 bits per heavy atom. The Morgan fingerprint density at radius 2 is 2.33 bits per heavy atom. The largest absolute Gasteiger partial charge is 0.384 e. The SMILES string of the molecule is COCC(CN)c1ccc(C)s1. The molecular weight excluding hydrogens is 170 g/mol. The van der Waals surface area contributed by atoms with E-state index in [1.54, 1.807) is 18.4 Å².